The number of carbonyl (C=O) groups excluding carboxylic acids is 1. The Morgan fingerprint density at radius 2 is 1.62 bits per heavy atom. The van der Waals surface area contributed by atoms with Gasteiger partial charge in [0.15, 0.2) is 0 Å². The average Bonchev–Trinajstić information content (AvgIpc) is 2.49. The maximum atomic E-state index is 12.3. The summed E-state index contributed by atoms with van der Waals surface area (Å²) < 4.78 is 63.5. The van der Waals surface area contributed by atoms with Crippen LogP contribution in [0.2, 0.25) is 0 Å². The van der Waals surface area contributed by atoms with Gasteiger partial charge in [0.1, 0.15) is 6.54 Å². The number of sulfonamides is 1. The van der Waals surface area contributed by atoms with Crippen molar-refractivity contribution in [3.05, 3.63) is 29.8 Å². The zero-order valence-electron chi connectivity index (χ0n) is 15.1. The quantitative estimate of drug-likeness (QED) is 0.704. The summed E-state index contributed by atoms with van der Waals surface area (Å²) in [4.78, 5) is 13.5. The molecule has 0 atom stereocenters. The second-order valence-corrected chi connectivity index (χ2v) is 8.82. The van der Waals surface area contributed by atoms with Crippen LogP contribution in [0.5, 0.6) is 0 Å². The molecule has 0 aromatic heterocycles. The summed E-state index contributed by atoms with van der Waals surface area (Å²) in [7, 11) is -0.0121. The number of rotatable bonds is 8. The second kappa shape index (κ2) is 8.36. The highest BCUT2D eigenvalue weighted by Gasteiger charge is 2.28. The molecule has 0 saturated carbocycles. The van der Waals surface area contributed by atoms with Crippen LogP contribution in [-0.4, -0.2) is 59.1 Å². The lowest BCUT2D eigenvalue weighted by atomic mass is 9.93. The van der Waals surface area contributed by atoms with Crippen molar-refractivity contribution in [3.63, 3.8) is 0 Å². The van der Waals surface area contributed by atoms with Gasteiger partial charge >= 0.3 is 6.18 Å². The van der Waals surface area contributed by atoms with Crippen LogP contribution in [0.15, 0.2) is 29.2 Å². The van der Waals surface area contributed by atoms with Gasteiger partial charge in [0.2, 0.25) is 10.0 Å². The number of halogens is 3. The Morgan fingerprint density at radius 3 is 2.08 bits per heavy atom. The lowest BCUT2D eigenvalue weighted by Crippen LogP contribution is -2.39. The van der Waals surface area contributed by atoms with Crippen LogP contribution in [0.1, 0.15) is 24.2 Å². The van der Waals surface area contributed by atoms with Gasteiger partial charge in [0, 0.05) is 18.7 Å². The fraction of sp³-hybridized carbons (Fsp3) is 0.562. The Hall–Kier alpha value is -1.65. The summed E-state index contributed by atoms with van der Waals surface area (Å²) in [5.74, 6) is -0.925. The largest absolute Gasteiger partial charge is 0.405 e. The van der Waals surface area contributed by atoms with E-state index in [9.17, 15) is 26.4 Å². The molecule has 26 heavy (non-hydrogen) atoms. The number of hydrogen-bond donors (Lipinski definition) is 2. The molecule has 1 aromatic carbocycles. The lowest BCUT2D eigenvalue weighted by molar-refractivity contribution is -0.123. The van der Waals surface area contributed by atoms with Gasteiger partial charge in [-0.2, -0.15) is 13.2 Å². The number of alkyl halides is 3. The second-order valence-electron chi connectivity index (χ2n) is 7.05. The minimum atomic E-state index is -4.51. The Labute approximate surface area is 151 Å². The Bertz CT molecular complexity index is 714. The summed E-state index contributed by atoms with van der Waals surface area (Å²) in [5.41, 5.74) is -0.352. The topological polar surface area (TPSA) is 78.5 Å². The molecule has 10 heteroatoms. The van der Waals surface area contributed by atoms with Crippen LogP contribution < -0.4 is 10.0 Å². The minimum absolute atomic E-state index is 0.0545. The Morgan fingerprint density at radius 1 is 1.08 bits per heavy atom. The molecule has 1 aromatic rings. The average molecular weight is 395 g/mol. The minimum Gasteiger partial charge on any atom is -0.343 e. The molecule has 6 nitrogen and oxygen atoms in total. The van der Waals surface area contributed by atoms with E-state index in [0.717, 1.165) is 0 Å². The molecule has 0 aliphatic rings. The van der Waals surface area contributed by atoms with Crippen LogP contribution in [0.25, 0.3) is 0 Å². The monoisotopic (exact) mass is 395 g/mol. The first-order chi connectivity index (χ1) is 11.7. The molecule has 148 valence electrons. The van der Waals surface area contributed by atoms with Crippen molar-refractivity contribution in [2.24, 2.45) is 5.41 Å². The van der Waals surface area contributed by atoms with Gasteiger partial charge in [-0.05, 0) is 43.8 Å². The van der Waals surface area contributed by atoms with E-state index in [1.807, 2.05) is 32.8 Å². The molecule has 0 aliphatic carbocycles. The molecule has 0 fully saturated rings. The number of amides is 1. The number of nitrogens with zero attached hydrogens (tertiary/aromatic N) is 1. The zero-order chi connectivity index (χ0) is 20.2. The van der Waals surface area contributed by atoms with Gasteiger partial charge in [0.25, 0.3) is 5.91 Å². The number of nitrogens with one attached hydrogen (secondary N) is 2. The molecule has 1 rings (SSSR count). The zero-order valence-corrected chi connectivity index (χ0v) is 16.0. The van der Waals surface area contributed by atoms with E-state index in [1.54, 1.807) is 5.32 Å². The molecule has 0 saturated heterocycles. The standard InChI is InChI=1S/C16H24F3N3O3S/c1-15(2,11-22(3)4)9-21-26(24,25)13-7-5-12(6-8-13)14(23)20-10-16(17,18)19/h5-8,21H,9-11H2,1-4H3,(H,20,23). The van der Waals surface area contributed by atoms with E-state index in [4.69, 9.17) is 0 Å². The van der Waals surface area contributed by atoms with Crippen LogP contribution in [0, 0.1) is 5.41 Å². The van der Waals surface area contributed by atoms with Crippen LogP contribution in [-0.2, 0) is 10.0 Å². The maximum Gasteiger partial charge on any atom is 0.405 e. The number of hydrogen-bond acceptors (Lipinski definition) is 4. The van der Waals surface area contributed by atoms with Crippen molar-refractivity contribution < 1.29 is 26.4 Å². The van der Waals surface area contributed by atoms with Gasteiger partial charge in [-0.15, -0.1) is 0 Å². The van der Waals surface area contributed by atoms with E-state index in [-0.39, 0.29) is 22.4 Å². The van der Waals surface area contributed by atoms with Crippen molar-refractivity contribution in [1.29, 1.82) is 0 Å². The normalized spacial score (nSPS) is 13.1. The SMILES string of the molecule is CN(C)CC(C)(C)CNS(=O)(=O)c1ccc(C(=O)NCC(F)(F)F)cc1. The van der Waals surface area contributed by atoms with Gasteiger partial charge in [0.05, 0.1) is 4.90 Å². The van der Waals surface area contributed by atoms with Crippen LogP contribution in [0.3, 0.4) is 0 Å². The van der Waals surface area contributed by atoms with Gasteiger partial charge in [-0.1, -0.05) is 13.8 Å². The predicted octanol–water partition coefficient (Wildman–Crippen LogP) is 1.84. The van der Waals surface area contributed by atoms with E-state index < -0.39 is 28.7 Å². The van der Waals surface area contributed by atoms with Crippen molar-refractivity contribution in [3.8, 4) is 0 Å². The van der Waals surface area contributed by atoms with Gasteiger partial charge in [-0.25, -0.2) is 13.1 Å². The summed E-state index contributed by atoms with van der Waals surface area (Å²) in [5, 5.41) is 1.73. The van der Waals surface area contributed by atoms with Crippen molar-refractivity contribution in [2.45, 2.75) is 24.9 Å². The molecule has 1 amide bonds. The first kappa shape index (κ1) is 22.4. The maximum absolute atomic E-state index is 12.3. The van der Waals surface area contributed by atoms with E-state index in [2.05, 4.69) is 4.72 Å². The van der Waals surface area contributed by atoms with E-state index in [0.29, 0.717) is 6.54 Å². The highest BCUT2D eigenvalue weighted by molar-refractivity contribution is 7.89. The Kier molecular flexibility index (Phi) is 7.20. The molecule has 2 N–H and O–H groups in total. The van der Waals surface area contributed by atoms with Gasteiger partial charge in [-0.3, -0.25) is 4.79 Å². The highest BCUT2D eigenvalue weighted by Crippen LogP contribution is 2.17. The third kappa shape index (κ3) is 7.71. The molecule has 0 aliphatic heterocycles. The number of benzene rings is 1. The van der Waals surface area contributed by atoms with Crippen molar-refractivity contribution in [1.82, 2.24) is 14.9 Å². The van der Waals surface area contributed by atoms with Crippen molar-refractivity contribution >= 4 is 15.9 Å². The third-order valence-corrected chi connectivity index (χ3v) is 4.78. The molecular weight excluding hydrogens is 371 g/mol. The molecule has 0 bridgehead atoms. The fourth-order valence-corrected chi connectivity index (χ4v) is 3.60. The van der Waals surface area contributed by atoms with Crippen LogP contribution in [0.4, 0.5) is 13.2 Å². The van der Waals surface area contributed by atoms with E-state index in [1.165, 1.54) is 24.3 Å². The molecule has 0 heterocycles. The smallest absolute Gasteiger partial charge is 0.343 e. The molecule has 0 radical (unpaired) electrons. The highest BCUT2D eigenvalue weighted by atomic mass is 32.2. The molecule has 0 unspecified atom stereocenters. The summed E-state index contributed by atoms with van der Waals surface area (Å²) in [6, 6.07) is 4.71. The first-order valence-corrected chi connectivity index (χ1v) is 9.30. The number of carbonyl (C=O) groups is 1. The first-order valence-electron chi connectivity index (χ1n) is 7.81. The predicted molar refractivity (Wildman–Crippen MR) is 92.4 cm³/mol. The fourth-order valence-electron chi connectivity index (χ4n) is 2.35. The third-order valence-electron chi connectivity index (χ3n) is 3.36. The molecule has 0 spiro atoms. The molecular formula is C16H24F3N3O3S. The lowest BCUT2D eigenvalue weighted by Gasteiger charge is -2.28. The Balaban J connectivity index is 2.76. The van der Waals surface area contributed by atoms with Crippen molar-refractivity contribution in [2.75, 3.05) is 33.7 Å². The van der Waals surface area contributed by atoms with E-state index >= 15 is 0 Å². The summed E-state index contributed by atoms with van der Waals surface area (Å²) in [6.45, 7) is 3.27. The van der Waals surface area contributed by atoms with Crippen LogP contribution >= 0.6 is 0 Å². The summed E-state index contributed by atoms with van der Waals surface area (Å²) >= 11 is 0. The van der Waals surface area contributed by atoms with Gasteiger partial charge < -0.3 is 10.2 Å². The summed E-state index contributed by atoms with van der Waals surface area (Å²) in [6.07, 6.45) is -4.51.